The summed E-state index contributed by atoms with van der Waals surface area (Å²) in [5, 5.41) is 11.7. The predicted octanol–water partition coefficient (Wildman–Crippen LogP) is 0.660. The molecule has 0 bridgehead atoms. The number of rotatable bonds is 4. The number of nitriles is 1. The van der Waals surface area contributed by atoms with Gasteiger partial charge in [0.15, 0.2) is 0 Å². The maximum atomic E-state index is 11.8. The Bertz CT molecular complexity index is 313. The van der Waals surface area contributed by atoms with E-state index in [1.54, 1.807) is 0 Å². The molecule has 2 saturated heterocycles. The largest absolute Gasteiger partial charge is 0.378 e. The van der Waals surface area contributed by atoms with Crippen LogP contribution < -0.4 is 5.32 Å². The molecule has 5 heteroatoms. The highest BCUT2D eigenvalue weighted by molar-refractivity contribution is 5.76. The zero-order chi connectivity index (χ0) is 12.8. The van der Waals surface area contributed by atoms with E-state index in [0.717, 1.165) is 45.4 Å². The highest BCUT2D eigenvalue weighted by Gasteiger charge is 2.23. The molecule has 0 aromatic rings. The molecular formula is C13H21N3O2. The molecule has 0 saturated carbocycles. The topological polar surface area (TPSA) is 65.4 Å². The fourth-order valence-electron chi connectivity index (χ4n) is 2.63. The summed E-state index contributed by atoms with van der Waals surface area (Å²) in [6.07, 6.45) is 4.60. The Morgan fingerprint density at radius 3 is 2.78 bits per heavy atom. The summed E-state index contributed by atoms with van der Waals surface area (Å²) >= 11 is 0. The minimum Gasteiger partial charge on any atom is -0.378 e. The standard InChI is InChI=1S/C13H21N3O2/c14-5-8-16-6-3-11(4-7-16)15-13(17)10-12-2-1-9-18-12/h11-12H,1-4,6-10H2,(H,15,17). The first kappa shape index (κ1) is 13.3. The van der Waals surface area contributed by atoms with Gasteiger partial charge in [0.25, 0.3) is 0 Å². The van der Waals surface area contributed by atoms with Gasteiger partial charge in [-0.1, -0.05) is 0 Å². The molecule has 2 aliphatic heterocycles. The van der Waals surface area contributed by atoms with Crippen LogP contribution >= 0.6 is 0 Å². The van der Waals surface area contributed by atoms with Crippen molar-refractivity contribution in [2.75, 3.05) is 26.2 Å². The molecule has 1 amide bonds. The lowest BCUT2D eigenvalue weighted by Crippen LogP contribution is -2.45. The molecule has 18 heavy (non-hydrogen) atoms. The Labute approximate surface area is 108 Å². The normalized spacial score (nSPS) is 25.8. The van der Waals surface area contributed by atoms with E-state index < -0.39 is 0 Å². The fourth-order valence-corrected chi connectivity index (χ4v) is 2.63. The third kappa shape index (κ3) is 3.97. The number of likely N-dealkylation sites (tertiary alicyclic amines) is 1. The number of piperidine rings is 1. The van der Waals surface area contributed by atoms with Crippen LogP contribution in [0.25, 0.3) is 0 Å². The molecule has 2 aliphatic rings. The molecule has 2 rings (SSSR count). The van der Waals surface area contributed by atoms with Crippen molar-refractivity contribution >= 4 is 5.91 Å². The van der Waals surface area contributed by atoms with Gasteiger partial charge in [0.2, 0.25) is 5.91 Å². The molecule has 0 radical (unpaired) electrons. The van der Waals surface area contributed by atoms with Crippen molar-refractivity contribution in [3.63, 3.8) is 0 Å². The number of amides is 1. The monoisotopic (exact) mass is 251 g/mol. The molecule has 1 unspecified atom stereocenters. The first-order valence-corrected chi connectivity index (χ1v) is 6.78. The molecule has 1 N–H and O–H groups in total. The Balaban J connectivity index is 1.64. The summed E-state index contributed by atoms with van der Waals surface area (Å²) in [7, 11) is 0. The highest BCUT2D eigenvalue weighted by atomic mass is 16.5. The number of hydrogen-bond acceptors (Lipinski definition) is 4. The van der Waals surface area contributed by atoms with Gasteiger partial charge in [0.05, 0.1) is 25.1 Å². The second-order valence-electron chi connectivity index (χ2n) is 5.12. The van der Waals surface area contributed by atoms with E-state index in [1.165, 1.54) is 0 Å². The number of nitrogens with one attached hydrogen (secondary N) is 1. The molecule has 1 atom stereocenters. The van der Waals surface area contributed by atoms with E-state index in [-0.39, 0.29) is 18.1 Å². The molecule has 5 nitrogen and oxygen atoms in total. The smallest absolute Gasteiger partial charge is 0.222 e. The average Bonchev–Trinajstić information content (AvgIpc) is 2.84. The summed E-state index contributed by atoms with van der Waals surface area (Å²) in [5.41, 5.74) is 0. The third-order valence-electron chi connectivity index (χ3n) is 3.68. The summed E-state index contributed by atoms with van der Waals surface area (Å²) < 4.78 is 5.46. The lowest BCUT2D eigenvalue weighted by molar-refractivity contribution is -0.124. The summed E-state index contributed by atoms with van der Waals surface area (Å²) in [6.45, 7) is 3.10. The van der Waals surface area contributed by atoms with Gasteiger partial charge in [-0.15, -0.1) is 0 Å². The maximum absolute atomic E-state index is 11.8. The molecule has 2 heterocycles. The average molecular weight is 251 g/mol. The van der Waals surface area contributed by atoms with Crippen LogP contribution in [0.4, 0.5) is 0 Å². The van der Waals surface area contributed by atoms with Crippen LogP contribution in [0.15, 0.2) is 0 Å². The third-order valence-corrected chi connectivity index (χ3v) is 3.68. The van der Waals surface area contributed by atoms with E-state index in [2.05, 4.69) is 16.3 Å². The zero-order valence-corrected chi connectivity index (χ0v) is 10.7. The van der Waals surface area contributed by atoms with Gasteiger partial charge in [-0.3, -0.25) is 9.69 Å². The Morgan fingerprint density at radius 1 is 1.39 bits per heavy atom. The molecule has 0 aromatic heterocycles. The lowest BCUT2D eigenvalue weighted by atomic mass is 10.0. The lowest BCUT2D eigenvalue weighted by Gasteiger charge is -2.30. The molecule has 0 aromatic carbocycles. The predicted molar refractivity (Wildman–Crippen MR) is 66.8 cm³/mol. The van der Waals surface area contributed by atoms with Crippen molar-refractivity contribution in [1.82, 2.24) is 10.2 Å². The minimum atomic E-state index is 0.112. The van der Waals surface area contributed by atoms with Gasteiger partial charge in [0, 0.05) is 25.7 Å². The second kappa shape index (κ2) is 6.72. The van der Waals surface area contributed by atoms with Crippen LogP contribution in [0.5, 0.6) is 0 Å². The number of carbonyl (C=O) groups is 1. The zero-order valence-electron chi connectivity index (χ0n) is 10.7. The van der Waals surface area contributed by atoms with Gasteiger partial charge in [-0.05, 0) is 25.7 Å². The first-order chi connectivity index (χ1) is 8.78. The first-order valence-electron chi connectivity index (χ1n) is 6.78. The Hall–Kier alpha value is -1.12. The SMILES string of the molecule is N#CCN1CCC(NC(=O)CC2CCCO2)CC1. The molecule has 2 fully saturated rings. The van der Waals surface area contributed by atoms with E-state index in [9.17, 15) is 4.79 Å². The van der Waals surface area contributed by atoms with E-state index >= 15 is 0 Å². The van der Waals surface area contributed by atoms with Crippen molar-refractivity contribution in [1.29, 1.82) is 5.26 Å². The molecule has 0 spiro atoms. The van der Waals surface area contributed by atoms with Crippen molar-refractivity contribution in [3.8, 4) is 6.07 Å². The van der Waals surface area contributed by atoms with Crippen molar-refractivity contribution in [2.24, 2.45) is 0 Å². The van der Waals surface area contributed by atoms with Crippen molar-refractivity contribution < 1.29 is 9.53 Å². The van der Waals surface area contributed by atoms with Gasteiger partial charge in [0.1, 0.15) is 0 Å². The minimum absolute atomic E-state index is 0.112. The fraction of sp³-hybridized carbons (Fsp3) is 0.846. The molecular weight excluding hydrogens is 230 g/mol. The highest BCUT2D eigenvalue weighted by Crippen LogP contribution is 2.16. The number of hydrogen-bond donors (Lipinski definition) is 1. The van der Waals surface area contributed by atoms with Crippen molar-refractivity contribution in [3.05, 3.63) is 0 Å². The second-order valence-corrected chi connectivity index (χ2v) is 5.12. The van der Waals surface area contributed by atoms with Crippen LogP contribution in [0.2, 0.25) is 0 Å². The van der Waals surface area contributed by atoms with E-state index in [0.29, 0.717) is 13.0 Å². The van der Waals surface area contributed by atoms with E-state index in [4.69, 9.17) is 10.00 Å². The maximum Gasteiger partial charge on any atom is 0.222 e. The van der Waals surface area contributed by atoms with Crippen LogP contribution in [0.1, 0.15) is 32.1 Å². The number of nitrogens with zero attached hydrogens (tertiary/aromatic N) is 2. The van der Waals surface area contributed by atoms with Crippen molar-refractivity contribution in [2.45, 2.75) is 44.2 Å². The molecule has 0 aliphatic carbocycles. The van der Waals surface area contributed by atoms with E-state index in [1.807, 2.05) is 0 Å². The Kier molecular flexibility index (Phi) is 4.97. The number of carbonyl (C=O) groups excluding carboxylic acids is 1. The van der Waals surface area contributed by atoms with Gasteiger partial charge in [-0.25, -0.2) is 0 Å². The number of ether oxygens (including phenoxy) is 1. The Morgan fingerprint density at radius 2 is 2.17 bits per heavy atom. The summed E-state index contributed by atoms with van der Waals surface area (Å²) in [6, 6.07) is 2.44. The van der Waals surface area contributed by atoms with Crippen LogP contribution in [0, 0.1) is 11.3 Å². The van der Waals surface area contributed by atoms with Gasteiger partial charge in [-0.2, -0.15) is 5.26 Å². The van der Waals surface area contributed by atoms with Crippen LogP contribution in [-0.2, 0) is 9.53 Å². The summed E-state index contributed by atoms with van der Waals surface area (Å²) in [4.78, 5) is 13.9. The van der Waals surface area contributed by atoms with Crippen LogP contribution in [0.3, 0.4) is 0 Å². The van der Waals surface area contributed by atoms with Crippen LogP contribution in [-0.4, -0.2) is 49.2 Å². The van der Waals surface area contributed by atoms with Gasteiger partial charge >= 0.3 is 0 Å². The van der Waals surface area contributed by atoms with Gasteiger partial charge < -0.3 is 10.1 Å². The molecule has 100 valence electrons. The quantitative estimate of drug-likeness (QED) is 0.745. The summed E-state index contributed by atoms with van der Waals surface area (Å²) in [5.74, 6) is 0.112.